The molecule has 187 valence electrons. The normalized spacial score (nSPS) is 11.8. The fraction of sp³-hybridized carbons (Fsp3) is 0.100. The van der Waals surface area contributed by atoms with Gasteiger partial charge in [-0.2, -0.15) is 5.10 Å². The molecule has 0 atom stereocenters. The van der Waals surface area contributed by atoms with Crippen molar-refractivity contribution in [3.8, 4) is 21.8 Å². The second-order valence-corrected chi connectivity index (χ2v) is 11.2. The van der Waals surface area contributed by atoms with Crippen molar-refractivity contribution in [1.29, 1.82) is 0 Å². The van der Waals surface area contributed by atoms with E-state index in [0.717, 1.165) is 60.0 Å². The molecule has 6 aromatic heterocycles. The van der Waals surface area contributed by atoms with Gasteiger partial charge < -0.3 is 4.57 Å². The number of fused-ring (bicyclic) bond motifs is 9. The van der Waals surface area contributed by atoms with Crippen LogP contribution in [0.25, 0.3) is 70.3 Å². The third kappa shape index (κ3) is 3.28. The molecule has 0 aliphatic carbocycles. The van der Waals surface area contributed by atoms with E-state index >= 15 is 0 Å². The molecule has 0 N–H and O–H groups in total. The zero-order chi connectivity index (χ0) is 24.7. The third-order valence-electron chi connectivity index (χ3n) is 7.14. The summed E-state index contributed by atoms with van der Waals surface area (Å²) in [6.45, 7) is 5.20. The molecule has 0 spiro atoms. The molecule has 0 unspecified atom stereocenters. The van der Waals surface area contributed by atoms with E-state index in [-0.39, 0.29) is 20.1 Å². The van der Waals surface area contributed by atoms with Crippen LogP contribution in [0.2, 0.25) is 0 Å². The molecule has 1 radical (unpaired) electrons. The predicted molar refractivity (Wildman–Crippen MR) is 155 cm³/mol. The first-order valence-electron chi connectivity index (χ1n) is 12.3. The summed E-state index contributed by atoms with van der Waals surface area (Å²) in [6, 6.07) is 23.7. The first-order chi connectivity index (χ1) is 18.2. The molecule has 8 heteroatoms. The molecule has 38 heavy (non-hydrogen) atoms. The number of thiophene rings is 1. The number of hydrogen-bond acceptors (Lipinski definition) is 5. The van der Waals surface area contributed by atoms with Crippen molar-refractivity contribution in [2.45, 2.75) is 20.4 Å². The molecule has 0 saturated carbocycles. The first kappa shape index (κ1) is 23.7. The van der Waals surface area contributed by atoms with E-state index in [1.807, 2.05) is 10.7 Å². The molecule has 0 saturated heterocycles. The topological polar surface area (TPSA) is 48.0 Å². The van der Waals surface area contributed by atoms with Gasteiger partial charge >= 0.3 is 0 Å². The zero-order valence-electron chi connectivity index (χ0n) is 20.5. The smallest absolute Gasteiger partial charge is 0.0895 e. The third-order valence-corrected chi connectivity index (χ3v) is 9.04. The number of pyridine rings is 2. The summed E-state index contributed by atoms with van der Waals surface area (Å²) in [4.78, 5) is 11.2. The van der Waals surface area contributed by atoms with Crippen molar-refractivity contribution in [3.05, 3.63) is 83.3 Å². The maximum Gasteiger partial charge on any atom is 0.0895 e. The number of aryl methyl sites for hydroxylation is 2. The van der Waals surface area contributed by atoms with Gasteiger partial charge in [-0.3, -0.25) is 25.8 Å². The van der Waals surface area contributed by atoms with E-state index in [9.17, 15) is 0 Å². The maximum atomic E-state index is 5.16. The Morgan fingerprint density at radius 2 is 1.71 bits per heavy atom. The molecule has 6 heterocycles. The Hall–Kier alpha value is -3.42. The van der Waals surface area contributed by atoms with Gasteiger partial charge in [-0.1, -0.05) is 40.6 Å². The molecule has 0 aliphatic heterocycles. The van der Waals surface area contributed by atoms with Gasteiger partial charge in [0.05, 0.1) is 20.9 Å². The fourth-order valence-corrected chi connectivity index (χ4v) is 7.39. The van der Waals surface area contributed by atoms with E-state index in [1.54, 1.807) is 22.7 Å². The largest absolute Gasteiger partial charge is 0.341 e. The van der Waals surface area contributed by atoms with Crippen LogP contribution in [0.5, 0.6) is 0 Å². The number of benzene rings is 2. The van der Waals surface area contributed by atoms with Crippen LogP contribution in [0.1, 0.15) is 11.9 Å². The molecular weight excluding hydrogens is 687 g/mol. The minimum atomic E-state index is 0. The minimum Gasteiger partial charge on any atom is -0.341 e. The predicted octanol–water partition coefficient (Wildman–Crippen LogP) is 8.12. The van der Waals surface area contributed by atoms with E-state index in [0.29, 0.717) is 0 Å². The maximum absolute atomic E-state index is 5.16. The minimum absolute atomic E-state index is 0. The van der Waals surface area contributed by atoms with Crippen molar-refractivity contribution in [2.24, 2.45) is 0 Å². The van der Waals surface area contributed by atoms with Gasteiger partial charge in [0.25, 0.3) is 0 Å². The van der Waals surface area contributed by atoms with Crippen LogP contribution >= 0.6 is 22.7 Å². The Labute approximate surface area is 239 Å². The molecular formula is C30H20IrN5S2-. The van der Waals surface area contributed by atoms with Gasteiger partial charge in [0.2, 0.25) is 0 Å². The molecule has 5 nitrogen and oxygen atoms in total. The second-order valence-electron chi connectivity index (χ2n) is 9.20. The summed E-state index contributed by atoms with van der Waals surface area (Å²) in [5.41, 5.74) is 8.58. The molecule has 0 aliphatic rings. The number of thiazole rings is 1. The van der Waals surface area contributed by atoms with Gasteiger partial charge in [-0.15, -0.1) is 16.7 Å². The second kappa shape index (κ2) is 8.82. The molecule has 0 fully saturated rings. The SMILES string of the molecule is CCn1c2ccccc2c2cc(-c3cccc(-c4s[c-]c5c4c4nc(C)sc4c4ccnn54)n3)ccc21.[Ir]. The quantitative estimate of drug-likeness (QED) is 0.175. The summed E-state index contributed by atoms with van der Waals surface area (Å²) in [6.07, 6.45) is 1.85. The van der Waals surface area contributed by atoms with Crippen LogP contribution in [0.3, 0.4) is 0 Å². The number of hydrogen-bond donors (Lipinski definition) is 0. The Balaban J connectivity index is 0.00000242. The van der Waals surface area contributed by atoms with Crippen molar-refractivity contribution < 1.29 is 20.1 Å². The Morgan fingerprint density at radius 3 is 2.61 bits per heavy atom. The Morgan fingerprint density at radius 1 is 0.868 bits per heavy atom. The van der Waals surface area contributed by atoms with Gasteiger partial charge in [-0.05, 0) is 55.8 Å². The summed E-state index contributed by atoms with van der Waals surface area (Å²) >= 11 is 3.30. The van der Waals surface area contributed by atoms with Crippen LogP contribution in [-0.4, -0.2) is 24.1 Å². The van der Waals surface area contributed by atoms with Crippen LogP contribution in [-0.2, 0) is 26.7 Å². The van der Waals surface area contributed by atoms with Crippen LogP contribution < -0.4 is 0 Å². The van der Waals surface area contributed by atoms with Crippen LogP contribution in [0, 0.1) is 12.3 Å². The summed E-state index contributed by atoms with van der Waals surface area (Å²) < 4.78 is 5.52. The molecule has 2 aromatic carbocycles. The summed E-state index contributed by atoms with van der Waals surface area (Å²) in [7, 11) is 0. The number of nitrogens with zero attached hydrogens (tertiary/aromatic N) is 5. The fourth-order valence-electron chi connectivity index (χ4n) is 5.56. The zero-order valence-corrected chi connectivity index (χ0v) is 24.5. The Bertz CT molecular complexity index is 2160. The van der Waals surface area contributed by atoms with Crippen molar-refractivity contribution in [1.82, 2.24) is 24.1 Å². The molecule has 8 aromatic rings. The van der Waals surface area contributed by atoms with E-state index in [4.69, 9.17) is 9.97 Å². The number of rotatable bonds is 3. The van der Waals surface area contributed by atoms with Crippen molar-refractivity contribution in [2.75, 3.05) is 0 Å². The van der Waals surface area contributed by atoms with Crippen LogP contribution in [0.15, 0.2) is 72.9 Å². The average molecular weight is 707 g/mol. The van der Waals surface area contributed by atoms with E-state index in [1.165, 1.54) is 21.8 Å². The van der Waals surface area contributed by atoms with Crippen LogP contribution in [0.4, 0.5) is 0 Å². The van der Waals surface area contributed by atoms with Gasteiger partial charge in [0.1, 0.15) is 0 Å². The average Bonchev–Trinajstić information content (AvgIpc) is 3.71. The first-order valence-corrected chi connectivity index (χ1v) is 13.9. The Kier molecular flexibility index (Phi) is 5.49. The monoisotopic (exact) mass is 707 g/mol. The number of aromatic nitrogens is 5. The molecule has 8 rings (SSSR count). The number of para-hydroxylation sites is 1. The van der Waals surface area contributed by atoms with Gasteiger partial charge in [-0.25, -0.2) is 0 Å². The van der Waals surface area contributed by atoms with Gasteiger partial charge in [0, 0.05) is 71.4 Å². The van der Waals surface area contributed by atoms with Crippen molar-refractivity contribution in [3.63, 3.8) is 0 Å². The van der Waals surface area contributed by atoms with E-state index < -0.39 is 0 Å². The summed E-state index contributed by atoms with van der Waals surface area (Å²) in [5, 5.41) is 12.7. The molecule has 0 bridgehead atoms. The standard InChI is InChI=1S/C30H20N5S2.Ir/c1-3-34-23-10-5-4-7-19(23)20-15-18(11-12-24(20)34)21-8-6-9-22(33-21)29-27-26(16-36-29)35-25(13-14-31-35)30-28(27)32-17(2)37-30;/h4-15H,3H2,1-2H3;/q-1;. The van der Waals surface area contributed by atoms with Gasteiger partial charge in [0.15, 0.2) is 0 Å². The summed E-state index contributed by atoms with van der Waals surface area (Å²) in [5.74, 6) is 0. The molecule has 0 amide bonds. The van der Waals surface area contributed by atoms with Crippen molar-refractivity contribution >= 4 is 71.1 Å². The van der Waals surface area contributed by atoms with E-state index in [2.05, 4.69) is 95.6 Å².